The van der Waals surface area contributed by atoms with Gasteiger partial charge in [0, 0.05) is 25.2 Å². The number of hydrogen-bond donors (Lipinski definition) is 1. The van der Waals surface area contributed by atoms with Crippen LogP contribution in [0.3, 0.4) is 0 Å². The SMILES string of the molecule is Cc1ccc(C(CNC(=O)c2cccc(C)c2)N2CCOCC2)cc1. The van der Waals surface area contributed by atoms with Crippen molar-refractivity contribution in [3.63, 3.8) is 0 Å². The number of ether oxygens (including phenoxy) is 1. The molecule has 4 heteroatoms. The maximum atomic E-state index is 12.5. The average molecular weight is 338 g/mol. The number of carbonyl (C=O) groups excluding carboxylic acids is 1. The third-order valence-corrected chi connectivity index (χ3v) is 4.68. The quantitative estimate of drug-likeness (QED) is 0.911. The smallest absolute Gasteiger partial charge is 0.251 e. The fourth-order valence-corrected chi connectivity index (χ4v) is 3.21. The standard InChI is InChI=1S/C21H26N2O2/c1-16-6-8-18(9-7-16)20(23-10-12-25-13-11-23)15-22-21(24)19-5-3-4-17(2)14-19/h3-9,14,20H,10-13,15H2,1-2H3,(H,22,24). The lowest BCUT2D eigenvalue weighted by Crippen LogP contribution is -2.43. The zero-order chi connectivity index (χ0) is 17.6. The number of hydrogen-bond acceptors (Lipinski definition) is 3. The Morgan fingerprint density at radius 2 is 1.80 bits per heavy atom. The van der Waals surface area contributed by atoms with Gasteiger partial charge in [-0.3, -0.25) is 9.69 Å². The normalized spacial score (nSPS) is 16.4. The number of benzene rings is 2. The van der Waals surface area contributed by atoms with E-state index in [0.717, 1.165) is 31.9 Å². The van der Waals surface area contributed by atoms with Crippen LogP contribution in [0.4, 0.5) is 0 Å². The molecule has 1 aliphatic heterocycles. The Bertz CT molecular complexity index is 706. The molecule has 0 aliphatic carbocycles. The second kappa shape index (κ2) is 8.28. The molecule has 0 saturated carbocycles. The zero-order valence-electron chi connectivity index (χ0n) is 15.0. The molecule has 0 spiro atoms. The van der Waals surface area contributed by atoms with Crippen LogP contribution in [0.15, 0.2) is 48.5 Å². The summed E-state index contributed by atoms with van der Waals surface area (Å²) < 4.78 is 5.48. The molecule has 0 radical (unpaired) electrons. The van der Waals surface area contributed by atoms with Crippen molar-refractivity contribution >= 4 is 5.91 Å². The molecule has 2 aromatic rings. The Balaban J connectivity index is 1.73. The molecule has 1 atom stereocenters. The van der Waals surface area contributed by atoms with Crippen LogP contribution in [0.25, 0.3) is 0 Å². The van der Waals surface area contributed by atoms with Gasteiger partial charge in [-0.05, 0) is 31.5 Å². The molecule has 0 bridgehead atoms. The summed E-state index contributed by atoms with van der Waals surface area (Å²) >= 11 is 0. The minimum Gasteiger partial charge on any atom is -0.379 e. The summed E-state index contributed by atoms with van der Waals surface area (Å²) in [5, 5.41) is 3.12. The fraction of sp³-hybridized carbons (Fsp3) is 0.381. The van der Waals surface area contributed by atoms with Gasteiger partial charge < -0.3 is 10.1 Å². The minimum absolute atomic E-state index is 0.0194. The van der Waals surface area contributed by atoms with Gasteiger partial charge in [-0.1, -0.05) is 47.5 Å². The molecular weight excluding hydrogens is 312 g/mol. The van der Waals surface area contributed by atoms with Gasteiger partial charge in [0.1, 0.15) is 0 Å². The molecule has 132 valence electrons. The van der Waals surface area contributed by atoms with Gasteiger partial charge in [0.25, 0.3) is 5.91 Å². The van der Waals surface area contributed by atoms with Gasteiger partial charge in [-0.2, -0.15) is 0 Å². The second-order valence-corrected chi connectivity index (χ2v) is 6.65. The molecule has 1 saturated heterocycles. The van der Waals surface area contributed by atoms with Gasteiger partial charge in [0.05, 0.1) is 19.3 Å². The maximum Gasteiger partial charge on any atom is 0.251 e. The highest BCUT2D eigenvalue weighted by Gasteiger charge is 2.23. The predicted octanol–water partition coefficient (Wildman–Crippen LogP) is 3.11. The van der Waals surface area contributed by atoms with Crippen molar-refractivity contribution in [2.75, 3.05) is 32.8 Å². The molecule has 1 amide bonds. The summed E-state index contributed by atoms with van der Waals surface area (Å²) in [7, 11) is 0. The van der Waals surface area contributed by atoms with Gasteiger partial charge in [0.15, 0.2) is 0 Å². The van der Waals surface area contributed by atoms with Gasteiger partial charge in [-0.25, -0.2) is 0 Å². The molecule has 1 aliphatic rings. The number of aryl methyl sites for hydroxylation is 2. The van der Waals surface area contributed by atoms with E-state index in [1.165, 1.54) is 11.1 Å². The second-order valence-electron chi connectivity index (χ2n) is 6.65. The van der Waals surface area contributed by atoms with Crippen LogP contribution in [0.2, 0.25) is 0 Å². The van der Waals surface area contributed by atoms with E-state index >= 15 is 0 Å². The highest BCUT2D eigenvalue weighted by atomic mass is 16.5. The lowest BCUT2D eigenvalue weighted by Gasteiger charge is -2.35. The Morgan fingerprint density at radius 1 is 1.08 bits per heavy atom. The first-order valence-corrected chi connectivity index (χ1v) is 8.87. The summed E-state index contributed by atoms with van der Waals surface area (Å²) in [5.74, 6) is -0.0194. The lowest BCUT2D eigenvalue weighted by atomic mass is 10.0. The molecule has 1 N–H and O–H groups in total. The summed E-state index contributed by atoms with van der Waals surface area (Å²) in [4.78, 5) is 14.9. The van der Waals surface area contributed by atoms with Crippen molar-refractivity contribution in [3.8, 4) is 0 Å². The van der Waals surface area contributed by atoms with E-state index in [2.05, 4.69) is 41.4 Å². The van der Waals surface area contributed by atoms with E-state index in [4.69, 9.17) is 4.74 Å². The summed E-state index contributed by atoms with van der Waals surface area (Å²) in [6.07, 6.45) is 0. The van der Waals surface area contributed by atoms with Crippen molar-refractivity contribution in [2.45, 2.75) is 19.9 Å². The van der Waals surface area contributed by atoms with Crippen molar-refractivity contribution in [3.05, 3.63) is 70.8 Å². The number of morpholine rings is 1. The van der Waals surface area contributed by atoms with Crippen LogP contribution in [-0.2, 0) is 4.74 Å². The van der Waals surface area contributed by atoms with Crippen molar-refractivity contribution in [1.82, 2.24) is 10.2 Å². The first-order valence-electron chi connectivity index (χ1n) is 8.87. The number of nitrogens with zero attached hydrogens (tertiary/aromatic N) is 1. The largest absolute Gasteiger partial charge is 0.379 e. The van der Waals surface area contributed by atoms with E-state index in [9.17, 15) is 4.79 Å². The van der Waals surface area contributed by atoms with Crippen LogP contribution < -0.4 is 5.32 Å². The number of nitrogens with one attached hydrogen (secondary N) is 1. The molecule has 3 rings (SSSR count). The predicted molar refractivity (Wildman–Crippen MR) is 99.8 cm³/mol. The first kappa shape index (κ1) is 17.6. The molecule has 1 heterocycles. The summed E-state index contributed by atoms with van der Waals surface area (Å²) in [6.45, 7) is 7.95. The van der Waals surface area contributed by atoms with Crippen LogP contribution >= 0.6 is 0 Å². The lowest BCUT2D eigenvalue weighted by molar-refractivity contribution is 0.0162. The summed E-state index contributed by atoms with van der Waals surface area (Å²) in [5.41, 5.74) is 4.28. The van der Waals surface area contributed by atoms with Crippen LogP contribution in [-0.4, -0.2) is 43.7 Å². The Hall–Kier alpha value is -2.17. The third kappa shape index (κ3) is 4.68. The molecular formula is C21H26N2O2. The fourth-order valence-electron chi connectivity index (χ4n) is 3.21. The average Bonchev–Trinajstić information content (AvgIpc) is 2.64. The van der Waals surface area contributed by atoms with E-state index in [1.54, 1.807) is 0 Å². The molecule has 2 aromatic carbocycles. The van der Waals surface area contributed by atoms with E-state index < -0.39 is 0 Å². The Morgan fingerprint density at radius 3 is 2.48 bits per heavy atom. The van der Waals surface area contributed by atoms with Gasteiger partial charge in [-0.15, -0.1) is 0 Å². The Labute approximate surface area is 149 Å². The van der Waals surface area contributed by atoms with E-state index in [1.807, 2.05) is 31.2 Å². The monoisotopic (exact) mass is 338 g/mol. The molecule has 4 nitrogen and oxygen atoms in total. The minimum atomic E-state index is -0.0194. The maximum absolute atomic E-state index is 12.5. The van der Waals surface area contributed by atoms with E-state index in [-0.39, 0.29) is 11.9 Å². The molecule has 1 unspecified atom stereocenters. The first-order chi connectivity index (χ1) is 12.1. The molecule has 0 aromatic heterocycles. The van der Waals surface area contributed by atoms with Crippen LogP contribution in [0, 0.1) is 13.8 Å². The van der Waals surface area contributed by atoms with Crippen LogP contribution in [0.1, 0.15) is 33.1 Å². The van der Waals surface area contributed by atoms with E-state index in [0.29, 0.717) is 12.1 Å². The molecule has 25 heavy (non-hydrogen) atoms. The highest BCUT2D eigenvalue weighted by molar-refractivity contribution is 5.94. The van der Waals surface area contributed by atoms with Gasteiger partial charge >= 0.3 is 0 Å². The van der Waals surface area contributed by atoms with Crippen molar-refractivity contribution < 1.29 is 9.53 Å². The third-order valence-electron chi connectivity index (χ3n) is 4.68. The molecule has 1 fully saturated rings. The highest BCUT2D eigenvalue weighted by Crippen LogP contribution is 2.22. The summed E-state index contributed by atoms with van der Waals surface area (Å²) in [6, 6.07) is 16.4. The Kier molecular flexibility index (Phi) is 5.84. The number of amides is 1. The van der Waals surface area contributed by atoms with Crippen LogP contribution in [0.5, 0.6) is 0 Å². The number of carbonyl (C=O) groups is 1. The van der Waals surface area contributed by atoms with Crippen molar-refractivity contribution in [2.24, 2.45) is 0 Å². The van der Waals surface area contributed by atoms with Gasteiger partial charge in [0.2, 0.25) is 0 Å². The topological polar surface area (TPSA) is 41.6 Å². The number of rotatable bonds is 5. The zero-order valence-corrected chi connectivity index (χ0v) is 15.0. The van der Waals surface area contributed by atoms with Crippen molar-refractivity contribution in [1.29, 1.82) is 0 Å².